The number of hydrogen-bond acceptors (Lipinski definition) is 5. The molecule has 5 nitrogen and oxygen atoms in total. The molecule has 0 heterocycles. The number of methoxy groups -OCH3 is 2. The van der Waals surface area contributed by atoms with Gasteiger partial charge in [0, 0.05) is 5.56 Å². The summed E-state index contributed by atoms with van der Waals surface area (Å²) >= 11 is 0. The Morgan fingerprint density at radius 1 is 0.852 bits per heavy atom. The fourth-order valence-corrected chi connectivity index (χ4v) is 2.52. The lowest BCUT2D eigenvalue weighted by Crippen LogP contribution is -2.01. The van der Waals surface area contributed by atoms with Crippen LogP contribution < -0.4 is 19.6 Å². The summed E-state index contributed by atoms with van der Waals surface area (Å²) in [5, 5.41) is 4.31. The summed E-state index contributed by atoms with van der Waals surface area (Å²) in [6.07, 6.45) is 1.72. The molecule has 0 bridgehead atoms. The first-order chi connectivity index (χ1) is 13.3. The molecule has 3 rings (SSSR count). The fourth-order valence-electron chi connectivity index (χ4n) is 2.52. The van der Waals surface area contributed by atoms with Gasteiger partial charge >= 0.3 is 0 Å². The lowest BCUT2D eigenvalue weighted by Gasteiger charge is -2.13. The SMILES string of the molecule is COc1ccc(N/N=C/c2cccc(OC)c2OCc2ccccc2)cc1. The van der Waals surface area contributed by atoms with Gasteiger partial charge in [0.25, 0.3) is 0 Å². The van der Waals surface area contributed by atoms with Gasteiger partial charge < -0.3 is 14.2 Å². The summed E-state index contributed by atoms with van der Waals surface area (Å²) in [4.78, 5) is 0. The molecule has 3 aromatic rings. The first-order valence-corrected chi connectivity index (χ1v) is 8.57. The second-order valence-corrected chi connectivity index (χ2v) is 5.75. The third-order valence-corrected chi connectivity index (χ3v) is 3.94. The Labute approximate surface area is 159 Å². The molecule has 27 heavy (non-hydrogen) atoms. The second-order valence-electron chi connectivity index (χ2n) is 5.75. The molecular formula is C22H22N2O3. The van der Waals surface area contributed by atoms with Gasteiger partial charge in [-0.25, -0.2) is 0 Å². The standard InChI is InChI=1S/C22H22N2O3/c1-25-20-13-11-19(12-14-20)24-23-15-18-9-6-10-21(26-2)22(18)27-16-17-7-4-3-5-8-17/h3-15,24H,16H2,1-2H3/b23-15+. The van der Waals surface area contributed by atoms with E-state index >= 15 is 0 Å². The van der Waals surface area contributed by atoms with E-state index in [1.807, 2.05) is 72.8 Å². The van der Waals surface area contributed by atoms with Crippen molar-refractivity contribution in [1.29, 1.82) is 0 Å². The average Bonchev–Trinajstić information content (AvgIpc) is 2.73. The summed E-state index contributed by atoms with van der Waals surface area (Å²) in [5.74, 6) is 2.12. The van der Waals surface area contributed by atoms with Crippen LogP contribution in [0.4, 0.5) is 5.69 Å². The Morgan fingerprint density at radius 2 is 1.63 bits per heavy atom. The molecule has 0 atom stereocenters. The van der Waals surface area contributed by atoms with Gasteiger partial charge in [0.15, 0.2) is 11.5 Å². The minimum Gasteiger partial charge on any atom is -0.497 e. The van der Waals surface area contributed by atoms with Gasteiger partial charge in [-0.15, -0.1) is 0 Å². The highest BCUT2D eigenvalue weighted by Crippen LogP contribution is 2.31. The zero-order chi connectivity index (χ0) is 18.9. The molecular weight excluding hydrogens is 340 g/mol. The maximum Gasteiger partial charge on any atom is 0.170 e. The van der Waals surface area contributed by atoms with E-state index in [4.69, 9.17) is 14.2 Å². The third-order valence-electron chi connectivity index (χ3n) is 3.94. The molecule has 0 aromatic heterocycles. The summed E-state index contributed by atoms with van der Waals surface area (Å²) < 4.78 is 16.6. The number of nitrogens with zero attached hydrogens (tertiary/aromatic N) is 1. The van der Waals surface area contributed by atoms with E-state index in [9.17, 15) is 0 Å². The van der Waals surface area contributed by atoms with Crippen LogP contribution in [-0.2, 0) is 6.61 Å². The first kappa shape index (κ1) is 18.3. The molecule has 138 valence electrons. The van der Waals surface area contributed by atoms with Crippen LogP contribution in [0.25, 0.3) is 0 Å². The van der Waals surface area contributed by atoms with Crippen molar-refractivity contribution in [3.63, 3.8) is 0 Å². The van der Waals surface area contributed by atoms with Gasteiger partial charge in [-0.3, -0.25) is 5.43 Å². The summed E-state index contributed by atoms with van der Waals surface area (Å²) in [6.45, 7) is 0.452. The van der Waals surface area contributed by atoms with Crippen molar-refractivity contribution in [3.05, 3.63) is 83.9 Å². The van der Waals surface area contributed by atoms with Crippen LogP contribution in [0.1, 0.15) is 11.1 Å². The number of hydrogen-bond donors (Lipinski definition) is 1. The second kappa shape index (κ2) is 9.29. The number of rotatable bonds is 8. The van der Waals surface area contributed by atoms with Crippen molar-refractivity contribution in [2.24, 2.45) is 5.10 Å². The van der Waals surface area contributed by atoms with Crippen LogP contribution in [0.5, 0.6) is 17.2 Å². The molecule has 0 radical (unpaired) electrons. The molecule has 0 unspecified atom stereocenters. The Kier molecular flexibility index (Phi) is 6.30. The van der Waals surface area contributed by atoms with Gasteiger partial charge in [0.05, 0.1) is 26.1 Å². The molecule has 0 saturated heterocycles. The van der Waals surface area contributed by atoms with E-state index in [0.29, 0.717) is 18.1 Å². The number of nitrogens with one attached hydrogen (secondary N) is 1. The number of ether oxygens (including phenoxy) is 3. The van der Waals surface area contributed by atoms with E-state index in [2.05, 4.69) is 10.5 Å². The Hall–Kier alpha value is -3.47. The average molecular weight is 362 g/mol. The maximum atomic E-state index is 6.02. The molecule has 0 aliphatic carbocycles. The van der Waals surface area contributed by atoms with Gasteiger partial charge in [-0.05, 0) is 42.0 Å². The highest BCUT2D eigenvalue weighted by molar-refractivity contribution is 5.85. The Balaban J connectivity index is 1.73. The minimum absolute atomic E-state index is 0.452. The molecule has 1 N–H and O–H groups in total. The zero-order valence-electron chi connectivity index (χ0n) is 15.4. The highest BCUT2D eigenvalue weighted by Gasteiger charge is 2.09. The lowest BCUT2D eigenvalue weighted by molar-refractivity contribution is 0.284. The van der Waals surface area contributed by atoms with Crippen LogP contribution in [-0.4, -0.2) is 20.4 Å². The molecule has 5 heteroatoms. The molecule has 0 saturated carbocycles. The number of hydrazone groups is 1. The van der Waals surface area contributed by atoms with E-state index in [0.717, 1.165) is 22.6 Å². The largest absolute Gasteiger partial charge is 0.497 e. The quantitative estimate of drug-likeness (QED) is 0.465. The smallest absolute Gasteiger partial charge is 0.170 e. The van der Waals surface area contributed by atoms with Gasteiger partial charge in [0.1, 0.15) is 12.4 Å². The van der Waals surface area contributed by atoms with Crippen molar-refractivity contribution >= 4 is 11.9 Å². The summed E-state index contributed by atoms with van der Waals surface area (Å²) in [6, 6.07) is 23.3. The Bertz CT molecular complexity index is 878. The van der Waals surface area contributed by atoms with Gasteiger partial charge in [-0.2, -0.15) is 5.10 Å². The van der Waals surface area contributed by atoms with Crippen LogP contribution >= 0.6 is 0 Å². The van der Waals surface area contributed by atoms with E-state index < -0.39 is 0 Å². The number of anilines is 1. The lowest BCUT2D eigenvalue weighted by atomic mass is 10.2. The predicted molar refractivity (Wildman–Crippen MR) is 108 cm³/mol. The number of para-hydroxylation sites is 1. The molecule has 0 spiro atoms. The topological polar surface area (TPSA) is 52.1 Å². The minimum atomic E-state index is 0.452. The summed E-state index contributed by atoms with van der Waals surface area (Å²) in [7, 11) is 3.27. The van der Waals surface area contributed by atoms with E-state index in [1.165, 1.54) is 0 Å². The monoisotopic (exact) mass is 362 g/mol. The van der Waals surface area contributed by atoms with E-state index in [-0.39, 0.29) is 0 Å². The highest BCUT2D eigenvalue weighted by atomic mass is 16.5. The van der Waals surface area contributed by atoms with Gasteiger partial charge in [0.2, 0.25) is 0 Å². The predicted octanol–water partition coefficient (Wildman–Crippen LogP) is 4.73. The molecule has 0 aliphatic heterocycles. The van der Waals surface area contributed by atoms with Crippen molar-refractivity contribution < 1.29 is 14.2 Å². The zero-order valence-corrected chi connectivity index (χ0v) is 15.4. The van der Waals surface area contributed by atoms with Crippen LogP contribution in [0.15, 0.2) is 77.9 Å². The Morgan fingerprint density at radius 3 is 2.33 bits per heavy atom. The fraction of sp³-hybridized carbons (Fsp3) is 0.136. The van der Waals surface area contributed by atoms with Crippen LogP contribution in [0.2, 0.25) is 0 Å². The van der Waals surface area contributed by atoms with Crippen LogP contribution in [0, 0.1) is 0 Å². The van der Waals surface area contributed by atoms with E-state index in [1.54, 1.807) is 20.4 Å². The molecule has 0 amide bonds. The maximum absolute atomic E-state index is 6.02. The van der Waals surface area contributed by atoms with Crippen LogP contribution in [0.3, 0.4) is 0 Å². The number of benzene rings is 3. The van der Waals surface area contributed by atoms with Crippen molar-refractivity contribution in [2.75, 3.05) is 19.6 Å². The molecule has 0 aliphatic rings. The molecule has 3 aromatic carbocycles. The van der Waals surface area contributed by atoms with Gasteiger partial charge in [-0.1, -0.05) is 36.4 Å². The van der Waals surface area contributed by atoms with Crippen molar-refractivity contribution in [2.45, 2.75) is 6.61 Å². The normalized spacial score (nSPS) is 10.6. The summed E-state index contributed by atoms with van der Waals surface area (Å²) in [5.41, 5.74) is 5.77. The van der Waals surface area contributed by atoms with Crippen molar-refractivity contribution in [1.82, 2.24) is 0 Å². The first-order valence-electron chi connectivity index (χ1n) is 8.57. The van der Waals surface area contributed by atoms with Crippen molar-refractivity contribution in [3.8, 4) is 17.2 Å². The third kappa shape index (κ3) is 5.01. The molecule has 0 fully saturated rings.